The highest BCUT2D eigenvalue weighted by Crippen LogP contribution is 2.25. The SMILES string of the molecule is COc1cccc(O[C@H](C)C(=O)N[C@@H](C)c2ccc(N3CCC[C@H](C)C3)cc2)c1. The Bertz CT molecular complexity index is 806. The van der Waals surface area contributed by atoms with Gasteiger partial charge in [-0.15, -0.1) is 0 Å². The van der Waals surface area contributed by atoms with Crippen LogP contribution < -0.4 is 19.7 Å². The molecule has 1 fully saturated rings. The number of benzene rings is 2. The Hall–Kier alpha value is -2.69. The van der Waals surface area contributed by atoms with Crippen LogP contribution in [-0.2, 0) is 4.79 Å². The van der Waals surface area contributed by atoms with Crippen LogP contribution >= 0.6 is 0 Å². The molecule has 3 atom stereocenters. The Morgan fingerprint density at radius 2 is 1.86 bits per heavy atom. The van der Waals surface area contributed by atoms with E-state index in [0.717, 1.165) is 24.6 Å². The summed E-state index contributed by atoms with van der Waals surface area (Å²) in [5, 5.41) is 3.04. The van der Waals surface area contributed by atoms with E-state index in [2.05, 4.69) is 41.4 Å². The molecule has 0 radical (unpaired) electrons. The minimum Gasteiger partial charge on any atom is -0.497 e. The first kappa shape index (κ1) is 21.0. The minimum absolute atomic E-state index is 0.0896. The summed E-state index contributed by atoms with van der Waals surface area (Å²) >= 11 is 0. The van der Waals surface area contributed by atoms with Gasteiger partial charge >= 0.3 is 0 Å². The molecule has 5 heteroatoms. The molecule has 0 bridgehead atoms. The van der Waals surface area contributed by atoms with Gasteiger partial charge in [-0.2, -0.15) is 0 Å². The third-order valence-electron chi connectivity index (χ3n) is 5.50. The van der Waals surface area contributed by atoms with Crippen LogP contribution in [0, 0.1) is 5.92 Å². The lowest BCUT2D eigenvalue weighted by atomic mass is 9.99. The van der Waals surface area contributed by atoms with E-state index >= 15 is 0 Å². The Kier molecular flexibility index (Phi) is 7.02. The van der Waals surface area contributed by atoms with E-state index in [-0.39, 0.29) is 11.9 Å². The number of carbonyl (C=O) groups is 1. The largest absolute Gasteiger partial charge is 0.497 e. The number of hydrogen-bond acceptors (Lipinski definition) is 4. The van der Waals surface area contributed by atoms with Gasteiger partial charge < -0.3 is 19.7 Å². The zero-order chi connectivity index (χ0) is 20.8. The third-order valence-corrected chi connectivity index (χ3v) is 5.50. The summed E-state index contributed by atoms with van der Waals surface area (Å²) in [6.07, 6.45) is 1.97. The molecule has 1 aliphatic rings. The van der Waals surface area contributed by atoms with E-state index in [9.17, 15) is 4.79 Å². The maximum absolute atomic E-state index is 12.6. The van der Waals surface area contributed by atoms with Crippen molar-refractivity contribution in [3.8, 4) is 11.5 Å². The molecule has 1 aliphatic heterocycles. The molecule has 29 heavy (non-hydrogen) atoms. The van der Waals surface area contributed by atoms with E-state index in [0.29, 0.717) is 11.5 Å². The van der Waals surface area contributed by atoms with Crippen molar-refractivity contribution in [1.82, 2.24) is 5.32 Å². The summed E-state index contributed by atoms with van der Waals surface area (Å²) in [6, 6.07) is 15.7. The number of piperidine rings is 1. The van der Waals surface area contributed by atoms with Crippen molar-refractivity contribution in [3.63, 3.8) is 0 Å². The zero-order valence-corrected chi connectivity index (χ0v) is 17.9. The number of hydrogen-bond donors (Lipinski definition) is 1. The molecule has 0 saturated carbocycles. The van der Waals surface area contributed by atoms with Crippen molar-refractivity contribution < 1.29 is 14.3 Å². The Morgan fingerprint density at radius 3 is 2.55 bits per heavy atom. The summed E-state index contributed by atoms with van der Waals surface area (Å²) in [4.78, 5) is 15.0. The van der Waals surface area contributed by atoms with Crippen molar-refractivity contribution >= 4 is 11.6 Å². The highest BCUT2D eigenvalue weighted by Gasteiger charge is 2.19. The molecule has 0 spiro atoms. The van der Waals surface area contributed by atoms with Gasteiger partial charge in [0.2, 0.25) is 0 Å². The highest BCUT2D eigenvalue weighted by atomic mass is 16.5. The fraction of sp³-hybridized carbons (Fsp3) is 0.458. The van der Waals surface area contributed by atoms with Crippen LogP contribution in [0.3, 0.4) is 0 Å². The average Bonchev–Trinajstić information content (AvgIpc) is 2.74. The second-order valence-corrected chi connectivity index (χ2v) is 7.95. The van der Waals surface area contributed by atoms with Crippen LogP contribution in [0.2, 0.25) is 0 Å². The van der Waals surface area contributed by atoms with Crippen LogP contribution in [0.1, 0.15) is 45.2 Å². The number of rotatable bonds is 7. The van der Waals surface area contributed by atoms with E-state index < -0.39 is 6.10 Å². The van der Waals surface area contributed by atoms with Crippen molar-refractivity contribution in [2.45, 2.75) is 45.8 Å². The number of carbonyl (C=O) groups excluding carboxylic acids is 1. The second kappa shape index (κ2) is 9.68. The van der Waals surface area contributed by atoms with Crippen molar-refractivity contribution in [3.05, 3.63) is 54.1 Å². The molecule has 1 heterocycles. The summed E-state index contributed by atoms with van der Waals surface area (Å²) < 4.78 is 11.0. The molecule has 1 saturated heterocycles. The van der Waals surface area contributed by atoms with Crippen molar-refractivity contribution in [1.29, 1.82) is 0 Å². The van der Waals surface area contributed by atoms with Gasteiger partial charge in [0, 0.05) is 24.8 Å². The van der Waals surface area contributed by atoms with E-state index in [1.165, 1.54) is 18.5 Å². The number of ether oxygens (including phenoxy) is 2. The third kappa shape index (κ3) is 5.66. The van der Waals surface area contributed by atoms with Gasteiger partial charge in [-0.05, 0) is 62.4 Å². The van der Waals surface area contributed by atoms with Gasteiger partial charge in [0.25, 0.3) is 5.91 Å². The first-order valence-electron chi connectivity index (χ1n) is 10.4. The first-order chi connectivity index (χ1) is 14.0. The normalized spacial score (nSPS) is 18.6. The smallest absolute Gasteiger partial charge is 0.261 e. The molecule has 3 rings (SSSR count). The lowest BCUT2D eigenvalue weighted by Crippen LogP contribution is -2.37. The molecule has 5 nitrogen and oxygen atoms in total. The van der Waals surface area contributed by atoms with Gasteiger partial charge in [-0.3, -0.25) is 4.79 Å². The predicted octanol–water partition coefficient (Wildman–Crippen LogP) is 4.58. The van der Waals surface area contributed by atoms with Gasteiger partial charge in [-0.25, -0.2) is 0 Å². The predicted molar refractivity (Wildman–Crippen MR) is 117 cm³/mol. The van der Waals surface area contributed by atoms with Crippen LogP contribution in [0.25, 0.3) is 0 Å². The van der Waals surface area contributed by atoms with E-state index in [4.69, 9.17) is 9.47 Å². The molecule has 1 N–H and O–H groups in total. The number of nitrogens with one attached hydrogen (secondary N) is 1. The maximum atomic E-state index is 12.6. The second-order valence-electron chi connectivity index (χ2n) is 7.95. The molecule has 2 aromatic rings. The molecular formula is C24H32N2O3. The lowest BCUT2D eigenvalue weighted by molar-refractivity contribution is -0.127. The van der Waals surface area contributed by atoms with Crippen LogP contribution in [0.4, 0.5) is 5.69 Å². The Balaban J connectivity index is 1.55. The van der Waals surface area contributed by atoms with Gasteiger partial charge in [-0.1, -0.05) is 25.1 Å². The molecule has 0 aliphatic carbocycles. The number of amides is 1. The summed E-state index contributed by atoms with van der Waals surface area (Å²) in [5.41, 5.74) is 2.34. The van der Waals surface area contributed by atoms with Crippen molar-refractivity contribution in [2.24, 2.45) is 5.92 Å². The molecule has 2 aromatic carbocycles. The molecule has 0 aromatic heterocycles. The fourth-order valence-electron chi connectivity index (χ4n) is 3.74. The van der Waals surface area contributed by atoms with E-state index in [1.54, 1.807) is 20.1 Å². The quantitative estimate of drug-likeness (QED) is 0.744. The summed E-state index contributed by atoms with van der Waals surface area (Å²) in [6.45, 7) is 8.29. The topological polar surface area (TPSA) is 50.8 Å². The van der Waals surface area contributed by atoms with Crippen LogP contribution in [-0.4, -0.2) is 32.2 Å². The number of nitrogens with zero attached hydrogens (tertiary/aromatic N) is 1. The van der Waals surface area contributed by atoms with Gasteiger partial charge in [0.15, 0.2) is 6.10 Å². The molecular weight excluding hydrogens is 364 g/mol. The zero-order valence-electron chi connectivity index (χ0n) is 17.9. The lowest BCUT2D eigenvalue weighted by Gasteiger charge is -2.33. The summed E-state index contributed by atoms with van der Waals surface area (Å²) in [7, 11) is 1.61. The first-order valence-corrected chi connectivity index (χ1v) is 10.4. The minimum atomic E-state index is -0.598. The molecule has 1 amide bonds. The Labute approximate surface area is 174 Å². The number of anilines is 1. The van der Waals surface area contributed by atoms with Crippen molar-refractivity contribution in [2.75, 3.05) is 25.1 Å². The maximum Gasteiger partial charge on any atom is 0.261 e. The van der Waals surface area contributed by atoms with Crippen LogP contribution in [0.5, 0.6) is 11.5 Å². The van der Waals surface area contributed by atoms with E-state index in [1.807, 2.05) is 25.1 Å². The van der Waals surface area contributed by atoms with Gasteiger partial charge in [0.1, 0.15) is 11.5 Å². The van der Waals surface area contributed by atoms with Crippen LogP contribution in [0.15, 0.2) is 48.5 Å². The Morgan fingerprint density at radius 1 is 1.14 bits per heavy atom. The summed E-state index contributed by atoms with van der Waals surface area (Å²) in [5.74, 6) is 1.91. The average molecular weight is 397 g/mol. The monoisotopic (exact) mass is 396 g/mol. The molecule has 0 unspecified atom stereocenters. The highest BCUT2D eigenvalue weighted by molar-refractivity contribution is 5.81. The molecule has 156 valence electrons. The number of methoxy groups -OCH3 is 1. The van der Waals surface area contributed by atoms with Gasteiger partial charge in [0.05, 0.1) is 13.2 Å². The standard InChI is InChI=1S/C24H32N2O3/c1-17-7-6-14-26(16-17)21-12-10-20(11-13-21)18(2)25-24(27)19(3)29-23-9-5-8-22(15-23)28-4/h5,8-13,15,17-19H,6-7,14,16H2,1-4H3,(H,25,27)/t17-,18-,19+/m0/s1. The fourth-order valence-corrected chi connectivity index (χ4v) is 3.74.